The number of benzene rings is 1. The lowest BCUT2D eigenvalue weighted by molar-refractivity contribution is -0.115. The third kappa shape index (κ3) is 2.22. The standard InChI is InChI=1S/C12H14N2O3/c1-14-6-5-11(15)13-9-7-8(12(16)17-2)3-4-10(9)14/h3-4,7H,5-6H2,1-2H3,(H,13,15). The lowest BCUT2D eigenvalue weighted by atomic mass is 10.1. The summed E-state index contributed by atoms with van der Waals surface area (Å²) in [6.07, 6.45) is 0.443. The van der Waals surface area contributed by atoms with Crippen LogP contribution in [0.15, 0.2) is 18.2 Å². The molecular formula is C12H14N2O3. The minimum Gasteiger partial charge on any atom is -0.465 e. The fourth-order valence-electron chi connectivity index (χ4n) is 1.82. The van der Waals surface area contributed by atoms with Crippen molar-refractivity contribution in [1.29, 1.82) is 0 Å². The highest BCUT2D eigenvalue weighted by molar-refractivity contribution is 5.99. The number of hydrogen-bond acceptors (Lipinski definition) is 4. The number of esters is 1. The molecule has 5 heteroatoms. The molecule has 0 spiro atoms. The SMILES string of the molecule is COC(=O)c1ccc2c(c1)NC(=O)CCN2C. The molecule has 0 aliphatic carbocycles. The highest BCUT2D eigenvalue weighted by Gasteiger charge is 2.18. The van der Waals surface area contributed by atoms with Gasteiger partial charge >= 0.3 is 5.97 Å². The molecule has 0 atom stereocenters. The van der Waals surface area contributed by atoms with E-state index in [-0.39, 0.29) is 5.91 Å². The number of fused-ring (bicyclic) bond motifs is 1. The van der Waals surface area contributed by atoms with Gasteiger partial charge in [-0.2, -0.15) is 0 Å². The topological polar surface area (TPSA) is 58.6 Å². The Hall–Kier alpha value is -2.04. The molecule has 1 aromatic rings. The molecule has 0 radical (unpaired) electrons. The second-order valence-corrected chi connectivity index (χ2v) is 3.94. The van der Waals surface area contributed by atoms with Crippen LogP contribution < -0.4 is 10.2 Å². The summed E-state index contributed by atoms with van der Waals surface area (Å²) in [7, 11) is 3.25. The summed E-state index contributed by atoms with van der Waals surface area (Å²) in [6.45, 7) is 0.663. The maximum Gasteiger partial charge on any atom is 0.337 e. The molecule has 1 aliphatic rings. The zero-order chi connectivity index (χ0) is 12.4. The Morgan fingerprint density at radius 2 is 2.24 bits per heavy atom. The summed E-state index contributed by atoms with van der Waals surface area (Å²) in [5.74, 6) is -0.452. The summed E-state index contributed by atoms with van der Waals surface area (Å²) in [6, 6.07) is 5.15. The van der Waals surface area contributed by atoms with E-state index in [2.05, 4.69) is 10.1 Å². The Balaban J connectivity index is 2.42. The van der Waals surface area contributed by atoms with Gasteiger partial charge < -0.3 is 15.0 Å². The van der Waals surface area contributed by atoms with Crippen molar-refractivity contribution in [1.82, 2.24) is 0 Å². The molecule has 0 unspecified atom stereocenters. The van der Waals surface area contributed by atoms with Crippen molar-refractivity contribution in [3.05, 3.63) is 23.8 Å². The zero-order valence-electron chi connectivity index (χ0n) is 9.82. The van der Waals surface area contributed by atoms with E-state index in [1.54, 1.807) is 12.1 Å². The van der Waals surface area contributed by atoms with Gasteiger partial charge in [0, 0.05) is 20.0 Å². The van der Waals surface area contributed by atoms with E-state index in [1.165, 1.54) is 7.11 Å². The number of amides is 1. The maximum atomic E-state index is 11.5. The average molecular weight is 234 g/mol. The van der Waals surface area contributed by atoms with Crippen molar-refractivity contribution >= 4 is 23.3 Å². The number of anilines is 2. The molecule has 17 heavy (non-hydrogen) atoms. The highest BCUT2D eigenvalue weighted by Crippen LogP contribution is 2.28. The molecule has 0 saturated heterocycles. The van der Waals surface area contributed by atoms with Crippen LogP contribution >= 0.6 is 0 Å². The summed E-state index contributed by atoms with van der Waals surface area (Å²) in [4.78, 5) is 24.9. The van der Waals surface area contributed by atoms with Gasteiger partial charge in [0.2, 0.25) is 5.91 Å². The van der Waals surface area contributed by atoms with Gasteiger partial charge in [0.05, 0.1) is 24.0 Å². The second kappa shape index (κ2) is 4.45. The van der Waals surface area contributed by atoms with Crippen LogP contribution in [0.5, 0.6) is 0 Å². The van der Waals surface area contributed by atoms with Crippen molar-refractivity contribution < 1.29 is 14.3 Å². The monoisotopic (exact) mass is 234 g/mol. The maximum absolute atomic E-state index is 11.5. The molecule has 1 aliphatic heterocycles. The van der Waals surface area contributed by atoms with Crippen LogP contribution in [-0.4, -0.2) is 32.6 Å². The molecule has 0 fully saturated rings. The van der Waals surface area contributed by atoms with Crippen LogP contribution in [0.2, 0.25) is 0 Å². The molecule has 0 bridgehead atoms. The fraction of sp³-hybridized carbons (Fsp3) is 0.333. The minimum absolute atomic E-state index is 0.0439. The summed E-state index contributed by atoms with van der Waals surface area (Å²) < 4.78 is 4.65. The largest absolute Gasteiger partial charge is 0.465 e. The van der Waals surface area contributed by atoms with Gasteiger partial charge in [-0.05, 0) is 18.2 Å². The fourth-order valence-corrected chi connectivity index (χ4v) is 1.82. The molecule has 90 valence electrons. The number of carbonyl (C=O) groups excluding carboxylic acids is 2. The van der Waals surface area contributed by atoms with Gasteiger partial charge in [-0.25, -0.2) is 4.79 Å². The number of methoxy groups -OCH3 is 1. The van der Waals surface area contributed by atoms with Gasteiger partial charge in [-0.1, -0.05) is 0 Å². The van der Waals surface area contributed by atoms with Gasteiger partial charge in [0.15, 0.2) is 0 Å². The number of ether oxygens (including phenoxy) is 1. The molecule has 0 saturated carbocycles. The highest BCUT2D eigenvalue weighted by atomic mass is 16.5. The number of hydrogen-bond donors (Lipinski definition) is 1. The van der Waals surface area contributed by atoms with E-state index in [4.69, 9.17) is 0 Å². The Morgan fingerprint density at radius 3 is 2.94 bits per heavy atom. The zero-order valence-corrected chi connectivity index (χ0v) is 9.82. The number of nitrogens with one attached hydrogen (secondary N) is 1. The third-order valence-corrected chi connectivity index (χ3v) is 2.78. The van der Waals surface area contributed by atoms with E-state index < -0.39 is 5.97 Å². The molecule has 1 amide bonds. The van der Waals surface area contributed by atoms with Crippen LogP contribution in [0.4, 0.5) is 11.4 Å². The first-order valence-corrected chi connectivity index (χ1v) is 5.35. The molecule has 1 N–H and O–H groups in total. The van der Waals surface area contributed by atoms with Crippen molar-refractivity contribution in [3.8, 4) is 0 Å². The minimum atomic E-state index is -0.408. The van der Waals surface area contributed by atoms with E-state index >= 15 is 0 Å². The summed E-state index contributed by atoms with van der Waals surface area (Å²) in [5, 5.41) is 2.78. The van der Waals surface area contributed by atoms with Crippen LogP contribution in [0, 0.1) is 0 Å². The van der Waals surface area contributed by atoms with Crippen LogP contribution in [0.1, 0.15) is 16.8 Å². The van der Waals surface area contributed by atoms with E-state index in [9.17, 15) is 9.59 Å². The van der Waals surface area contributed by atoms with E-state index in [0.717, 1.165) is 5.69 Å². The third-order valence-electron chi connectivity index (χ3n) is 2.78. The predicted octanol–water partition coefficient (Wildman–Crippen LogP) is 1.25. The molecule has 1 heterocycles. The van der Waals surface area contributed by atoms with E-state index in [1.807, 2.05) is 18.0 Å². The van der Waals surface area contributed by atoms with Crippen molar-refractivity contribution in [2.75, 3.05) is 30.9 Å². The molecular weight excluding hydrogens is 220 g/mol. The van der Waals surface area contributed by atoms with Crippen molar-refractivity contribution in [3.63, 3.8) is 0 Å². The second-order valence-electron chi connectivity index (χ2n) is 3.94. The average Bonchev–Trinajstić information content (AvgIpc) is 2.47. The van der Waals surface area contributed by atoms with Gasteiger partial charge in [-0.15, -0.1) is 0 Å². The van der Waals surface area contributed by atoms with Crippen LogP contribution in [0.3, 0.4) is 0 Å². The Labute approximate surface area is 99.4 Å². The smallest absolute Gasteiger partial charge is 0.337 e. The van der Waals surface area contributed by atoms with Gasteiger partial charge in [0.25, 0.3) is 0 Å². The van der Waals surface area contributed by atoms with Gasteiger partial charge in [0.1, 0.15) is 0 Å². The first kappa shape index (κ1) is 11.4. The quantitative estimate of drug-likeness (QED) is 0.743. The molecule has 5 nitrogen and oxygen atoms in total. The first-order chi connectivity index (χ1) is 8.11. The Morgan fingerprint density at radius 1 is 1.47 bits per heavy atom. The Bertz CT molecular complexity index is 471. The van der Waals surface area contributed by atoms with Crippen LogP contribution in [-0.2, 0) is 9.53 Å². The summed E-state index contributed by atoms with van der Waals surface area (Å²) in [5.41, 5.74) is 1.99. The number of carbonyl (C=O) groups is 2. The normalized spacial score (nSPS) is 14.7. The molecule has 1 aromatic carbocycles. The summed E-state index contributed by atoms with van der Waals surface area (Å²) >= 11 is 0. The van der Waals surface area contributed by atoms with Gasteiger partial charge in [-0.3, -0.25) is 4.79 Å². The lowest BCUT2D eigenvalue weighted by Gasteiger charge is -2.18. The number of rotatable bonds is 1. The Kier molecular flexibility index (Phi) is 2.99. The molecule has 0 aromatic heterocycles. The van der Waals surface area contributed by atoms with Crippen LogP contribution in [0.25, 0.3) is 0 Å². The van der Waals surface area contributed by atoms with Crippen molar-refractivity contribution in [2.45, 2.75) is 6.42 Å². The lowest BCUT2D eigenvalue weighted by Crippen LogP contribution is -2.18. The van der Waals surface area contributed by atoms with Crippen molar-refractivity contribution in [2.24, 2.45) is 0 Å². The molecule has 2 rings (SSSR count). The first-order valence-electron chi connectivity index (χ1n) is 5.35. The number of nitrogens with zero attached hydrogens (tertiary/aromatic N) is 1. The van der Waals surface area contributed by atoms with E-state index in [0.29, 0.717) is 24.2 Å². The predicted molar refractivity (Wildman–Crippen MR) is 64.3 cm³/mol.